The van der Waals surface area contributed by atoms with Crippen LogP contribution < -0.4 is 10.1 Å². The Hall–Kier alpha value is -1.95. The Morgan fingerprint density at radius 2 is 1.92 bits per heavy atom. The molecule has 0 heterocycles. The molecule has 7 heteroatoms. The van der Waals surface area contributed by atoms with Crippen LogP contribution >= 0.6 is 11.6 Å². The highest BCUT2D eigenvalue weighted by Crippen LogP contribution is 2.25. The molecule has 0 saturated heterocycles. The fourth-order valence-corrected chi connectivity index (χ4v) is 2.29. The maximum atomic E-state index is 12.0. The van der Waals surface area contributed by atoms with Crippen molar-refractivity contribution in [1.29, 1.82) is 0 Å². The second-order valence-corrected chi connectivity index (χ2v) is 6.70. The summed E-state index contributed by atoms with van der Waals surface area (Å²) in [7, 11) is 2.84. The number of benzene rings is 1. The number of hydrogen-bond acceptors (Lipinski definition) is 5. The van der Waals surface area contributed by atoms with Crippen LogP contribution in [0, 0.1) is 5.92 Å². The molecule has 1 aromatic rings. The van der Waals surface area contributed by atoms with Crippen molar-refractivity contribution in [3.05, 3.63) is 28.8 Å². The van der Waals surface area contributed by atoms with E-state index in [0.29, 0.717) is 17.2 Å². The first kappa shape index (κ1) is 20.1. The van der Waals surface area contributed by atoms with Gasteiger partial charge in [-0.2, -0.15) is 0 Å². The average molecular weight is 358 g/mol. The second-order valence-electron chi connectivity index (χ2n) is 6.26. The molecule has 0 aliphatic carbocycles. The summed E-state index contributed by atoms with van der Waals surface area (Å²) in [6.45, 7) is 5.38. The van der Waals surface area contributed by atoms with Crippen LogP contribution in [0.2, 0.25) is 5.02 Å². The minimum atomic E-state index is -0.610. The van der Waals surface area contributed by atoms with Crippen molar-refractivity contribution < 1.29 is 23.8 Å². The summed E-state index contributed by atoms with van der Waals surface area (Å²) in [5, 5.41) is 3.13. The molecule has 24 heavy (non-hydrogen) atoms. The maximum Gasteiger partial charge on any atom is 0.407 e. The van der Waals surface area contributed by atoms with Crippen LogP contribution in [0.1, 0.15) is 26.3 Å². The number of esters is 1. The average Bonchev–Trinajstić information content (AvgIpc) is 2.49. The van der Waals surface area contributed by atoms with E-state index in [-0.39, 0.29) is 6.54 Å². The van der Waals surface area contributed by atoms with E-state index in [1.165, 1.54) is 7.11 Å². The molecule has 0 fully saturated rings. The van der Waals surface area contributed by atoms with Gasteiger partial charge in [0.2, 0.25) is 0 Å². The number of rotatable bonds is 6. The van der Waals surface area contributed by atoms with E-state index in [1.54, 1.807) is 46.1 Å². The van der Waals surface area contributed by atoms with Crippen molar-refractivity contribution in [3.8, 4) is 5.75 Å². The molecule has 0 unspecified atom stereocenters. The van der Waals surface area contributed by atoms with Crippen LogP contribution in [0.3, 0.4) is 0 Å². The first-order valence-electron chi connectivity index (χ1n) is 7.53. The third-order valence-electron chi connectivity index (χ3n) is 3.13. The number of halogens is 1. The molecular weight excluding hydrogens is 334 g/mol. The van der Waals surface area contributed by atoms with Gasteiger partial charge in [-0.3, -0.25) is 4.79 Å². The lowest BCUT2D eigenvalue weighted by atomic mass is 9.98. The molecular formula is C17H24ClNO5. The van der Waals surface area contributed by atoms with E-state index in [9.17, 15) is 9.59 Å². The van der Waals surface area contributed by atoms with Crippen LogP contribution in [-0.4, -0.2) is 38.4 Å². The molecule has 1 rings (SSSR count). The zero-order chi connectivity index (χ0) is 18.3. The minimum absolute atomic E-state index is 0.0806. The first-order valence-corrected chi connectivity index (χ1v) is 7.91. The Balaban J connectivity index is 2.82. The van der Waals surface area contributed by atoms with E-state index >= 15 is 0 Å². The molecule has 6 nitrogen and oxygen atoms in total. The molecule has 1 atom stereocenters. The lowest BCUT2D eigenvalue weighted by molar-refractivity contribution is -0.145. The van der Waals surface area contributed by atoms with Crippen molar-refractivity contribution in [2.45, 2.75) is 32.8 Å². The molecule has 0 radical (unpaired) electrons. The van der Waals surface area contributed by atoms with E-state index in [0.717, 1.165) is 5.56 Å². The van der Waals surface area contributed by atoms with Gasteiger partial charge in [0.05, 0.1) is 20.1 Å². The summed E-state index contributed by atoms with van der Waals surface area (Å²) >= 11 is 6.01. The number of carbonyl (C=O) groups is 2. The highest BCUT2D eigenvalue weighted by molar-refractivity contribution is 6.30. The standard InChI is InChI=1S/C17H24ClNO5/c1-17(2,3)24-16(21)19-10-12(15(20)23-5)8-11-9-13(18)6-7-14(11)22-4/h6-7,9,12H,8,10H2,1-5H3,(H,19,21)/t12-/m1/s1. The number of methoxy groups -OCH3 is 2. The van der Waals surface area contributed by atoms with Crippen LogP contribution in [0.25, 0.3) is 0 Å². The highest BCUT2D eigenvalue weighted by atomic mass is 35.5. The summed E-state index contributed by atoms with van der Waals surface area (Å²) in [5.41, 5.74) is 0.146. The van der Waals surface area contributed by atoms with Gasteiger partial charge in [-0.25, -0.2) is 4.79 Å². The fraction of sp³-hybridized carbons (Fsp3) is 0.529. The lowest BCUT2D eigenvalue weighted by Crippen LogP contribution is -2.38. The summed E-state index contributed by atoms with van der Waals surface area (Å²) < 4.78 is 15.3. The second kappa shape index (κ2) is 8.78. The smallest absolute Gasteiger partial charge is 0.407 e. The van der Waals surface area contributed by atoms with E-state index in [2.05, 4.69) is 5.32 Å². The number of nitrogens with one attached hydrogen (secondary N) is 1. The van der Waals surface area contributed by atoms with Gasteiger partial charge in [0, 0.05) is 11.6 Å². The first-order chi connectivity index (χ1) is 11.2. The summed E-state index contributed by atoms with van der Waals surface area (Å²) in [6, 6.07) is 5.16. The van der Waals surface area contributed by atoms with E-state index in [4.69, 9.17) is 25.8 Å². The van der Waals surface area contributed by atoms with Crippen LogP contribution in [-0.2, 0) is 20.7 Å². The van der Waals surface area contributed by atoms with Crippen molar-refractivity contribution in [2.75, 3.05) is 20.8 Å². The Labute approximate surface area is 147 Å². The van der Waals surface area contributed by atoms with Crippen molar-refractivity contribution in [3.63, 3.8) is 0 Å². The minimum Gasteiger partial charge on any atom is -0.496 e. The number of ether oxygens (including phenoxy) is 3. The Bertz CT molecular complexity index is 583. The Kier molecular flexibility index (Phi) is 7.35. The topological polar surface area (TPSA) is 73.9 Å². The molecule has 1 amide bonds. The monoisotopic (exact) mass is 357 g/mol. The van der Waals surface area contributed by atoms with Crippen LogP contribution in [0.5, 0.6) is 5.75 Å². The van der Waals surface area contributed by atoms with Gasteiger partial charge in [0.25, 0.3) is 0 Å². The zero-order valence-electron chi connectivity index (χ0n) is 14.6. The van der Waals surface area contributed by atoms with Crippen LogP contribution in [0.15, 0.2) is 18.2 Å². The fourth-order valence-electron chi connectivity index (χ4n) is 2.10. The molecule has 1 N–H and O–H groups in total. The van der Waals surface area contributed by atoms with Gasteiger partial charge >= 0.3 is 12.1 Å². The normalized spacial score (nSPS) is 12.2. The molecule has 0 bridgehead atoms. The molecule has 0 aliphatic rings. The third-order valence-corrected chi connectivity index (χ3v) is 3.37. The number of carbonyl (C=O) groups excluding carboxylic acids is 2. The maximum absolute atomic E-state index is 12.0. The predicted octanol–water partition coefficient (Wildman–Crippen LogP) is 3.21. The van der Waals surface area contributed by atoms with Gasteiger partial charge in [0.1, 0.15) is 11.4 Å². The number of hydrogen-bond donors (Lipinski definition) is 1. The van der Waals surface area contributed by atoms with Crippen molar-refractivity contribution in [1.82, 2.24) is 5.32 Å². The molecule has 1 aromatic carbocycles. The Morgan fingerprint density at radius 1 is 1.25 bits per heavy atom. The van der Waals surface area contributed by atoms with Gasteiger partial charge in [0.15, 0.2) is 0 Å². The third kappa shape index (κ3) is 6.66. The SMILES string of the molecule is COC(=O)[C@@H](CNC(=O)OC(C)(C)C)Cc1cc(Cl)ccc1OC. The molecule has 0 aromatic heterocycles. The van der Waals surface area contributed by atoms with Gasteiger partial charge < -0.3 is 19.5 Å². The summed E-state index contributed by atoms with van der Waals surface area (Å²) in [6.07, 6.45) is -0.277. The largest absolute Gasteiger partial charge is 0.496 e. The van der Waals surface area contributed by atoms with Gasteiger partial charge in [-0.1, -0.05) is 11.6 Å². The molecule has 134 valence electrons. The quantitative estimate of drug-likeness (QED) is 0.791. The van der Waals surface area contributed by atoms with Gasteiger partial charge in [-0.05, 0) is 51.0 Å². The summed E-state index contributed by atoms with van der Waals surface area (Å²) in [4.78, 5) is 23.8. The highest BCUT2D eigenvalue weighted by Gasteiger charge is 2.24. The molecule has 0 aliphatic heterocycles. The van der Waals surface area contributed by atoms with Crippen LogP contribution in [0.4, 0.5) is 4.79 Å². The molecule has 0 saturated carbocycles. The Morgan fingerprint density at radius 3 is 2.46 bits per heavy atom. The predicted molar refractivity (Wildman–Crippen MR) is 91.5 cm³/mol. The number of alkyl carbamates (subject to hydrolysis) is 1. The van der Waals surface area contributed by atoms with E-state index in [1.807, 2.05) is 0 Å². The molecule has 0 spiro atoms. The number of amides is 1. The van der Waals surface area contributed by atoms with Crippen molar-refractivity contribution in [2.24, 2.45) is 5.92 Å². The summed E-state index contributed by atoms with van der Waals surface area (Å²) in [5.74, 6) is -0.409. The lowest BCUT2D eigenvalue weighted by Gasteiger charge is -2.21. The van der Waals surface area contributed by atoms with Gasteiger partial charge in [-0.15, -0.1) is 0 Å². The van der Waals surface area contributed by atoms with E-state index < -0.39 is 23.6 Å². The zero-order valence-corrected chi connectivity index (χ0v) is 15.4. The van der Waals surface area contributed by atoms with Crippen molar-refractivity contribution >= 4 is 23.7 Å².